The minimum absolute atomic E-state index is 0.0370. The second-order valence-electron chi connectivity index (χ2n) is 4.88. The zero-order valence-electron chi connectivity index (χ0n) is 10.3. The van der Waals surface area contributed by atoms with Crippen molar-refractivity contribution in [3.63, 3.8) is 0 Å². The van der Waals surface area contributed by atoms with Gasteiger partial charge in [0.1, 0.15) is 5.82 Å². The first kappa shape index (κ1) is 13.8. The van der Waals surface area contributed by atoms with E-state index >= 15 is 0 Å². The van der Waals surface area contributed by atoms with Crippen LogP contribution in [0.2, 0.25) is 0 Å². The van der Waals surface area contributed by atoms with Crippen molar-refractivity contribution in [1.29, 1.82) is 0 Å². The average molecular weight is 271 g/mol. The predicted octanol–water partition coefficient (Wildman–Crippen LogP) is 1.70. The van der Waals surface area contributed by atoms with E-state index in [2.05, 4.69) is 5.32 Å². The highest BCUT2D eigenvalue weighted by Gasteiger charge is 2.26. The molecule has 1 aliphatic rings. The first-order valence-electron chi connectivity index (χ1n) is 6.01. The third kappa shape index (κ3) is 3.03. The molecule has 2 atom stereocenters. The molecule has 0 bridgehead atoms. The van der Waals surface area contributed by atoms with Crippen LogP contribution in [0.5, 0.6) is 0 Å². The fraction of sp³-hybridized carbons (Fsp3) is 0.538. The highest BCUT2D eigenvalue weighted by atomic mass is 32.2. The predicted molar refractivity (Wildman–Crippen MR) is 70.2 cm³/mol. The molecule has 1 aromatic rings. The molecule has 2 unspecified atom stereocenters. The van der Waals surface area contributed by atoms with Crippen LogP contribution in [-0.2, 0) is 0 Å². The molecule has 0 amide bonds. The van der Waals surface area contributed by atoms with Crippen LogP contribution in [0.15, 0.2) is 23.1 Å². The van der Waals surface area contributed by atoms with Crippen LogP contribution in [0.4, 0.5) is 4.39 Å². The maximum absolute atomic E-state index is 13.6. The lowest BCUT2D eigenvalue weighted by Crippen LogP contribution is -2.42. The monoisotopic (exact) mass is 271 g/mol. The van der Waals surface area contributed by atoms with Crippen LogP contribution >= 0.6 is 11.8 Å². The van der Waals surface area contributed by atoms with E-state index in [1.165, 1.54) is 17.8 Å². The molecule has 3 N–H and O–H groups in total. The van der Waals surface area contributed by atoms with E-state index < -0.39 is 5.60 Å². The Morgan fingerprint density at radius 2 is 2.33 bits per heavy atom. The summed E-state index contributed by atoms with van der Waals surface area (Å²) in [5.74, 6) is 0.672. The summed E-state index contributed by atoms with van der Waals surface area (Å²) in [6, 6.07) is 5.13. The maximum Gasteiger partial charge on any atom is 0.137 e. The number of hydrogen-bond donors (Lipinski definition) is 3. The van der Waals surface area contributed by atoms with Crippen molar-refractivity contribution in [2.45, 2.75) is 29.9 Å². The van der Waals surface area contributed by atoms with Crippen LogP contribution in [-0.4, -0.2) is 34.7 Å². The molecule has 1 heterocycles. The Labute approximate surface area is 110 Å². The van der Waals surface area contributed by atoms with Crippen molar-refractivity contribution in [2.24, 2.45) is 0 Å². The van der Waals surface area contributed by atoms with E-state index in [0.29, 0.717) is 4.90 Å². The van der Waals surface area contributed by atoms with Crippen LogP contribution in [0.25, 0.3) is 0 Å². The van der Waals surface area contributed by atoms with Gasteiger partial charge in [-0.3, -0.25) is 0 Å². The Morgan fingerprint density at radius 1 is 1.56 bits per heavy atom. The molecule has 0 fully saturated rings. The maximum atomic E-state index is 13.6. The van der Waals surface area contributed by atoms with Gasteiger partial charge in [-0.1, -0.05) is 12.1 Å². The van der Waals surface area contributed by atoms with Crippen molar-refractivity contribution in [1.82, 2.24) is 5.32 Å². The summed E-state index contributed by atoms with van der Waals surface area (Å²) >= 11 is 1.53. The van der Waals surface area contributed by atoms with Crippen molar-refractivity contribution in [2.75, 3.05) is 18.9 Å². The summed E-state index contributed by atoms with van der Waals surface area (Å²) in [5, 5.41) is 22.0. The first-order chi connectivity index (χ1) is 8.53. The van der Waals surface area contributed by atoms with Gasteiger partial charge in [-0.15, -0.1) is 11.8 Å². The molecule has 1 aromatic carbocycles. The summed E-state index contributed by atoms with van der Waals surface area (Å²) in [5.41, 5.74) is -0.196. The fourth-order valence-corrected chi connectivity index (χ4v) is 3.14. The molecule has 0 aromatic heterocycles. The zero-order chi connectivity index (χ0) is 13.2. The second-order valence-corrected chi connectivity index (χ2v) is 5.99. The highest BCUT2D eigenvalue weighted by Crippen LogP contribution is 2.37. The van der Waals surface area contributed by atoms with Crippen molar-refractivity contribution < 1.29 is 14.6 Å². The summed E-state index contributed by atoms with van der Waals surface area (Å²) in [6.07, 6.45) is 0.891. The Hall–Kier alpha value is -0.620. The van der Waals surface area contributed by atoms with Gasteiger partial charge in [0.25, 0.3) is 0 Å². The van der Waals surface area contributed by atoms with Gasteiger partial charge in [-0.2, -0.15) is 0 Å². The van der Waals surface area contributed by atoms with Gasteiger partial charge >= 0.3 is 0 Å². The largest absolute Gasteiger partial charge is 0.393 e. The Bertz CT molecular complexity index is 425. The standard InChI is InChI=1S/C13H18FNO2S/c1-13(17,8-16)7-15-11-5-6-18-12-9(11)3-2-4-10(12)14/h2-4,11,15-17H,5-8H2,1H3. The van der Waals surface area contributed by atoms with E-state index in [1.54, 1.807) is 13.0 Å². The number of aliphatic hydroxyl groups is 2. The number of halogens is 1. The van der Waals surface area contributed by atoms with Crippen LogP contribution in [0, 0.1) is 5.82 Å². The topological polar surface area (TPSA) is 52.5 Å². The summed E-state index contributed by atoms with van der Waals surface area (Å²) in [4.78, 5) is 0.699. The van der Waals surface area contributed by atoms with Crippen molar-refractivity contribution >= 4 is 11.8 Å². The molecule has 0 saturated heterocycles. The first-order valence-corrected chi connectivity index (χ1v) is 7.00. The molecule has 100 valence electrons. The molecule has 0 aliphatic carbocycles. The van der Waals surface area contributed by atoms with E-state index in [-0.39, 0.29) is 25.0 Å². The van der Waals surface area contributed by atoms with Gasteiger partial charge < -0.3 is 15.5 Å². The molecule has 0 radical (unpaired) electrons. The number of nitrogens with one attached hydrogen (secondary N) is 1. The number of hydrogen-bond acceptors (Lipinski definition) is 4. The number of benzene rings is 1. The molecule has 0 saturated carbocycles. The van der Waals surface area contributed by atoms with Gasteiger partial charge in [0.2, 0.25) is 0 Å². The minimum Gasteiger partial charge on any atom is -0.393 e. The van der Waals surface area contributed by atoms with Crippen LogP contribution in [0.1, 0.15) is 24.9 Å². The number of aliphatic hydroxyl groups excluding tert-OH is 1. The van der Waals surface area contributed by atoms with Crippen LogP contribution < -0.4 is 5.32 Å². The normalized spacial score (nSPS) is 22.3. The molecule has 18 heavy (non-hydrogen) atoms. The summed E-state index contributed by atoms with van der Waals surface area (Å²) in [7, 11) is 0. The van der Waals surface area contributed by atoms with E-state index in [4.69, 9.17) is 5.11 Å². The second kappa shape index (κ2) is 5.57. The van der Waals surface area contributed by atoms with Crippen LogP contribution in [0.3, 0.4) is 0 Å². The van der Waals surface area contributed by atoms with Gasteiger partial charge in [-0.05, 0) is 30.7 Å². The lowest BCUT2D eigenvalue weighted by atomic mass is 10.0. The SMILES string of the molecule is CC(O)(CO)CNC1CCSc2c(F)cccc21. The average Bonchev–Trinajstić information content (AvgIpc) is 2.37. The van der Waals surface area contributed by atoms with Gasteiger partial charge in [0.05, 0.1) is 12.2 Å². The molecule has 1 aliphatic heterocycles. The van der Waals surface area contributed by atoms with Gasteiger partial charge in [0, 0.05) is 17.5 Å². The Kier molecular flexibility index (Phi) is 4.27. The van der Waals surface area contributed by atoms with Gasteiger partial charge in [-0.25, -0.2) is 4.39 Å². The molecule has 5 heteroatoms. The van der Waals surface area contributed by atoms with E-state index in [0.717, 1.165) is 17.7 Å². The number of rotatable bonds is 4. The quantitative estimate of drug-likeness (QED) is 0.780. The molecular weight excluding hydrogens is 253 g/mol. The van der Waals surface area contributed by atoms with E-state index in [9.17, 15) is 9.50 Å². The lowest BCUT2D eigenvalue weighted by molar-refractivity contribution is 0.000517. The van der Waals surface area contributed by atoms with E-state index in [1.807, 2.05) is 6.07 Å². The zero-order valence-corrected chi connectivity index (χ0v) is 11.1. The van der Waals surface area contributed by atoms with Gasteiger partial charge in [0.15, 0.2) is 0 Å². The number of thioether (sulfide) groups is 1. The third-order valence-electron chi connectivity index (χ3n) is 3.10. The molecule has 3 nitrogen and oxygen atoms in total. The molecule has 2 rings (SSSR count). The van der Waals surface area contributed by atoms with Crippen molar-refractivity contribution in [3.8, 4) is 0 Å². The minimum atomic E-state index is -1.14. The lowest BCUT2D eigenvalue weighted by Gasteiger charge is -2.29. The summed E-state index contributed by atoms with van der Waals surface area (Å²) in [6.45, 7) is 1.57. The Balaban J connectivity index is 2.11. The summed E-state index contributed by atoms with van der Waals surface area (Å²) < 4.78 is 13.6. The molecule has 0 spiro atoms. The smallest absolute Gasteiger partial charge is 0.137 e. The third-order valence-corrected chi connectivity index (χ3v) is 4.25. The number of fused-ring (bicyclic) bond motifs is 1. The fourth-order valence-electron chi connectivity index (χ4n) is 2.00. The highest BCUT2D eigenvalue weighted by molar-refractivity contribution is 7.99. The Morgan fingerprint density at radius 3 is 3.06 bits per heavy atom. The van der Waals surface area contributed by atoms with Crippen molar-refractivity contribution in [3.05, 3.63) is 29.6 Å². The molecular formula is C13H18FNO2S.